The molecule has 2 rings (SSSR count). The Morgan fingerprint density at radius 3 is 2.53 bits per heavy atom. The molecule has 2 N–H and O–H groups in total. The van der Waals surface area contributed by atoms with Crippen molar-refractivity contribution in [3.05, 3.63) is 59.3 Å². The lowest BCUT2D eigenvalue weighted by molar-refractivity contribution is 0.112. The number of hydrogen-bond donors (Lipinski definition) is 1. The summed E-state index contributed by atoms with van der Waals surface area (Å²) in [5, 5.41) is 0. The number of aldehydes is 1. The Morgan fingerprint density at radius 2 is 1.82 bits per heavy atom. The summed E-state index contributed by atoms with van der Waals surface area (Å²) in [5.41, 5.74) is 7.47. The Labute approximate surface area is 99.3 Å². The number of pyridine rings is 1. The molecule has 0 aliphatic rings. The van der Waals surface area contributed by atoms with Crippen molar-refractivity contribution in [2.24, 2.45) is 0 Å². The predicted molar refractivity (Wildman–Crippen MR) is 66.5 cm³/mol. The van der Waals surface area contributed by atoms with Gasteiger partial charge in [-0.1, -0.05) is 30.0 Å². The first-order valence-corrected chi connectivity index (χ1v) is 5.07. The van der Waals surface area contributed by atoms with E-state index in [1.807, 2.05) is 30.3 Å². The molecule has 0 radical (unpaired) electrons. The molecule has 0 atom stereocenters. The molecule has 2 aromatic rings. The molecule has 0 aliphatic carbocycles. The maximum atomic E-state index is 10.7. The van der Waals surface area contributed by atoms with Crippen molar-refractivity contribution in [2.45, 2.75) is 0 Å². The average molecular weight is 222 g/mol. The van der Waals surface area contributed by atoms with Crippen LogP contribution in [0.25, 0.3) is 0 Å². The van der Waals surface area contributed by atoms with Crippen LogP contribution in [-0.4, -0.2) is 11.3 Å². The van der Waals surface area contributed by atoms with Crippen LogP contribution in [0, 0.1) is 11.8 Å². The fourth-order valence-corrected chi connectivity index (χ4v) is 1.32. The van der Waals surface area contributed by atoms with Gasteiger partial charge in [0.2, 0.25) is 0 Å². The minimum atomic E-state index is 0.227. The van der Waals surface area contributed by atoms with Gasteiger partial charge in [0.05, 0.1) is 5.56 Å². The van der Waals surface area contributed by atoms with E-state index < -0.39 is 0 Å². The number of rotatable bonds is 1. The average Bonchev–Trinajstić information content (AvgIpc) is 2.39. The second-order valence-corrected chi connectivity index (χ2v) is 3.43. The molecule has 82 valence electrons. The van der Waals surface area contributed by atoms with Gasteiger partial charge in [-0.05, 0) is 18.2 Å². The van der Waals surface area contributed by atoms with Crippen LogP contribution < -0.4 is 5.73 Å². The lowest BCUT2D eigenvalue weighted by Gasteiger charge is -1.96. The van der Waals surface area contributed by atoms with E-state index in [1.54, 1.807) is 12.3 Å². The van der Waals surface area contributed by atoms with Gasteiger partial charge in [0.25, 0.3) is 0 Å². The van der Waals surface area contributed by atoms with E-state index in [0.717, 1.165) is 5.56 Å². The zero-order valence-corrected chi connectivity index (χ0v) is 9.05. The molecule has 0 saturated carbocycles. The Bertz CT molecular complexity index is 595. The molecule has 0 amide bonds. The van der Waals surface area contributed by atoms with E-state index >= 15 is 0 Å². The number of hydrogen-bond acceptors (Lipinski definition) is 3. The third kappa shape index (κ3) is 2.70. The van der Waals surface area contributed by atoms with Gasteiger partial charge < -0.3 is 5.73 Å². The number of aromatic nitrogens is 1. The number of anilines is 1. The highest BCUT2D eigenvalue weighted by Gasteiger charge is 1.98. The topological polar surface area (TPSA) is 56.0 Å². The maximum absolute atomic E-state index is 10.7. The first-order chi connectivity index (χ1) is 8.29. The number of carbonyl (C=O) groups excluding carboxylic acids is 1. The third-order valence-electron chi connectivity index (χ3n) is 2.20. The van der Waals surface area contributed by atoms with Crippen LogP contribution in [0.4, 0.5) is 5.82 Å². The van der Waals surface area contributed by atoms with E-state index in [9.17, 15) is 4.79 Å². The summed E-state index contributed by atoms with van der Waals surface area (Å²) in [6.45, 7) is 0. The Morgan fingerprint density at radius 1 is 1.12 bits per heavy atom. The zero-order chi connectivity index (χ0) is 12.1. The molecule has 3 heteroatoms. The second-order valence-electron chi connectivity index (χ2n) is 3.43. The van der Waals surface area contributed by atoms with Crippen LogP contribution in [0.2, 0.25) is 0 Å². The molecule has 0 aliphatic heterocycles. The first-order valence-electron chi connectivity index (χ1n) is 5.07. The molecule has 0 spiro atoms. The Kier molecular flexibility index (Phi) is 3.18. The van der Waals surface area contributed by atoms with E-state index in [4.69, 9.17) is 5.73 Å². The second kappa shape index (κ2) is 4.95. The molecule has 0 saturated heterocycles. The summed E-state index contributed by atoms with van der Waals surface area (Å²) >= 11 is 0. The van der Waals surface area contributed by atoms with Gasteiger partial charge >= 0.3 is 0 Å². The quantitative estimate of drug-likeness (QED) is 0.592. The molecule has 0 fully saturated rings. The van der Waals surface area contributed by atoms with E-state index in [-0.39, 0.29) is 5.82 Å². The molecule has 0 unspecified atom stereocenters. The van der Waals surface area contributed by atoms with Crippen molar-refractivity contribution >= 4 is 12.1 Å². The number of carbonyl (C=O) groups is 1. The summed E-state index contributed by atoms with van der Waals surface area (Å²) in [6, 6.07) is 11.2. The number of benzene rings is 1. The Hall–Kier alpha value is -2.60. The highest BCUT2D eigenvalue weighted by Crippen LogP contribution is 2.07. The standard InChI is InChI=1S/C14H10N2O/c15-14-13(10-17)8-12(9-16-14)7-6-11-4-2-1-3-5-11/h1-5,8-10H,(H2,15,16). The molecule has 3 nitrogen and oxygen atoms in total. The van der Waals surface area contributed by atoms with Gasteiger partial charge in [0.1, 0.15) is 5.82 Å². The maximum Gasteiger partial charge on any atom is 0.153 e. The van der Waals surface area contributed by atoms with Crippen molar-refractivity contribution < 1.29 is 4.79 Å². The van der Waals surface area contributed by atoms with Crippen molar-refractivity contribution in [3.8, 4) is 11.8 Å². The first kappa shape index (κ1) is 10.9. The number of nitrogen functional groups attached to an aromatic ring is 1. The molecule has 17 heavy (non-hydrogen) atoms. The van der Waals surface area contributed by atoms with Crippen molar-refractivity contribution in [3.63, 3.8) is 0 Å². The fraction of sp³-hybridized carbons (Fsp3) is 0. The Balaban J connectivity index is 2.31. The third-order valence-corrected chi connectivity index (χ3v) is 2.20. The van der Waals surface area contributed by atoms with E-state index in [2.05, 4.69) is 16.8 Å². The van der Waals surface area contributed by atoms with Gasteiger partial charge in [0.15, 0.2) is 6.29 Å². The van der Waals surface area contributed by atoms with E-state index in [1.165, 1.54) is 0 Å². The lowest BCUT2D eigenvalue weighted by atomic mass is 10.2. The number of nitrogens with two attached hydrogens (primary N) is 1. The SMILES string of the molecule is Nc1ncc(C#Cc2ccccc2)cc1C=O. The predicted octanol–water partition coefficient (Wildman–Crippen LogP) is 1.88. The highest BCUT2D eigenvalue weighted by atomic mass is 16.1. The van der Waals surface area contributed by atoms with Crippen molar-refractivity contribution in [2.75, 3.05) is 5.73 Å². The molecule has 1 aromatic heterocycles. The van der Waals surface area contributed by atoms with Crippen LogP contribution in [-0.2, 0) is 0 Å². The van der Waals surface area contributed by atoms with Gasteiger partial charge in [-0.2, -0.15) is 0 Å². The highest BCUT2D eigenvalue weighted by molar-refractivity contribution is 5.82. The monoisotopic (exact) mass is 222 g/mol. The molecule has 0 bridgehead atoms. The van der Waals surface area contributed by atoms with Crippen molar-refractivity contribution in [1.82, 2.24) is 4.98 Å². The largest absolute Gasteiger partial charge is 0.383 e. The minimum absolute atomic E-state index is 0.227. The summed E-state index contributed by atoms with van der Waals surface area (Å²) in [7, 11) is 0. The normalized spacial score (nSPS) is 9.18. The van der Waals surface area contributed by atoms with Crippen LogP contribution in [0.1, 0.15) is 21.5 Å². The van der Waals surface area contributed by atoms with Gasteiger partial charge in [-0.15, -0.1) is 0 Å². The molecular formula is C14H10N2O. The summed E-state index contributed by atoms with van der Waals surface area (Å²) < 4.78 is 0. The molecule has 1 aromatic carbocycles. The van der Waals surface area contributed by atoms with Crippen LogP contribution in [0.15, 0.2) is 42.6 Å². The molecule has 1 heterocycles. The minimum Gasteiger partial charge on any atom is -0.383 e. The van der Waals surface area contributed by atoms with Crippen LogP contribution in [0.3, 0.4) is 0 Å². The van der Waals surface area contributed by atoms with Gasteiger partial charge in [-0.3, -0.25) is 4.79 Å². The summed E-state index contributed by atoms with van der Waals surface area (Å²) in [5.74, 6) is 6.15. The number of nitrogens with zero attached hydrogens (tertiary/aromatic N) is 1. The van der Waals surface area contributed by atoms with Gasteiger partial charge in [0, 0.05) is 17.3 Å². The fourth-order valence-electron chi connectivity index (χ4n) is 1.32. The van der Waals surface area contributed by atoms with Crippen LogP contribution in [0.5, 0.6) is 0 Å². The lowest BCUT2D eigenvalue weighted by Crippen LogP contribution is -1.96. The summed E-state index contributed by atoms with van der Waals surface area (Å²) in [4.78, 5) is 14.6. The van der Waals surface area contributed by atoms with Gasteiger partial charge in [-0.25, -0.2) is 4.98 Å². The van der Waals surface area contributed by atoms with Crippen molar-refractivity contribution in [1.29, 1.82) is 0 Å². The summed E-state index contributed by atoms with van der Waals surface area (Å²) in [6.07, 6.45) is 2.23. The van der Waals surface area contributed by atoms with E-state index in [0.29, 0.717) is 17.4 Å². The van der Waals surface area contributed by atoms with Crippen LogP contribution >= 0.6 is 0 Å². The molecular weight excluding hydrogens is 212 g/mol. The smallest absolute Gasteiger partial charge is 0.153 e. The zero-order valence-electron chi connectivity index (χ0n) is 9.05.